The molecule has 2 heterocycles. The second kappa shape index (κ2) is 11.4. The number of likely N-dealkylation sites (tertiary alicyclic amines) is 1. The minimum absolute atomic E-state index is 0.00953. The zero-order chi connectivity index (χ0) is 28.2. The Morgan fingerprint density at radius 2 is 1.77 bits per heavy atom. The Kier molecular flexibility index (Phi) is 7.59. The third-order valence-corrected chi connectivity index (χ3v) is 6.66. The highest BCUT2D eigenvalue weighted by molar-refractivity contribution is 6.46. The Morgan fingerprint density at radius 3 is 2.48 bits per heavy atom. The first-order valence-corrected chi connectivity index (χ1v) is 12.9. The van der Waals surface area contributed by atoms with E-state index in [2.05, 4.69) is 0 Å². The van der Waals surface area contributed by atoms with E-state index in [9.17, 15) is 19.8 Å². The number of aromatic hydroxyl groups is 1. The topological polar surface area (TPSA) is 109 Å². The summed E-state index contributed by atoms with van der Waals surface area (Å²) >= 11 is 0. The van der Waals surface area contributed by atoms with Gasteiger partial charge in [0, 0.05) is 5.56 Å². The lowest BCUT2D eigenvalue weighted by atomic mass is 9.95. The number of phenolic OH excluding ortho intramolecular Hbond substituents is 1. The van der Waals surface area contributed by atoms with Gasteiger partial charge in [-0.25, -0.2) is 0 Å². The van der Waals surface area contributed by atoms with Crippen LogP contribution in [0.4, 0.5) is 0 Å². The van der Waals surface area contributed by atoms with Gasteiger partial charge in [-0.2, -0.15) is 0 Å². The highest BCUT2D eigenvalue weighted by Crippen LogP contribution is 2.42. The predicted molar refractivity (Wildman–Crippen MR) is 148 cm³/mol. The lowest BCUT2D eigenvalue weighted by Gasteiger charge is -2.25. The zero-order valence-corrected chi connectivity index (χ0v) is 22.2. The molecule has 1 saturated heterocycles. The number of benzene rings is 3. The van der Waals surface area contributed by atoms with Crippen molar-refractivity contribution >= 4 is 17.4 Å². The van der Waals surface area contributed by atoms with Crippen molar-refractivity contribution in [3.05, 3.63) is 119 Å². The van der Waals surface area contributed by atoms with Crippen molar-refractivity contribution in [2.24, 2.45) is 0 Å². The lowest BCUT2D eigenvalue weighted by Crippen LogP contribution is -2.29. The van der Waals surface area contributed by atoms with Crippen LogP contribution >= 0.6 is 0 Å². The molecule has 0 radical (unpaired) electrons. The summed E-state index contributed by atoms with van der Waals surface area (Å²) in [5.41, 5.74) is 2.95. The molecule has 1 unspecified atom stereocenters. The minimum atomic E-state index is -0.942. The molecule has 0 spiro atoms. The van der Waals surface area contributed by atoms with E-state index in [1.165, 1.54) is 17.2 Å². The molecule has 1 aromatic heterocycles. The molecule has 2 N–H and O–H groups in total. The van der Waals surface area contributed by atoms with E-state index in [4.69, 9.17) is 13.9 Å². The quantitative estimate of drug-likeness (QED) is 0.155. The summed E-state index contributed by atoms with van der Waals surface area (Å²) in [5, 5.41) is 21.6. The van der Waals surface area contributed by atoms with Crippen molar-refractivity contribution < 1.29 is 33.7 Å². The number of aliphatic hydroxyl groups is 1. The van der Waals surface area contributed by atoms with Crippen LogP contribution in [-0.2, 0) is 22.7 Å². The second-order valence-electron chi connectivity index (χ2n) is 9.47. The molecule has 204 valence electrons. The highest BCUT2D eigenvalue weighted by atomic mass is 16.5. The fourth-order valence-corrected chi connectivity index (χ4v) is 4.77. The normalized spacial score (nSPS) is 16.4. The molecule has 0 bridgehead atoms. The molecule has 1 amide bonds. The molecule has 1 aliphatic rings. The number of hydrogen-bond donors (Lipinski definition) is 2. The van der Waals surface area contributed by atoms with Crippen LogP contribution in [0.25, 0.3) is 5.76 Å². The SMILES string of the molecule is CCOc1cc(C2/C(=C(\O)c3ccc(OCc4cccc(C)c4)cc3)C(=O)C(=O)N2Cc2ccco2)ccc1O. The van der Waals surface area contributed by atoms with Gasteiger partial charge >= 0.3 is 0 Å². The number of nitrogens with zero attached hydrogens (tertiary/aromatic N) is 1. The summed E-state index contributed by atoms with van der Waals surface area (Å²) in [4.78, 5) is 27.9. The summed E-state index contributed by atoms with van der Waals surface area (Å²) in [6.45, 7) is 4.50. The number of ether oxygens (including phenoxy) is 2. The van der Waals surface area contributed by atoms with E-state index in [0.717, 1.165) is 11.1 Å². The molecule has 8 nitrogen and oxygen atoms in total. The summed E-state index contributed by atoms with van der Waals surface area (Å²) in [6.07, 6.45) is 1.48. The first-order valence-electron chi connectivity index (χ1n) is 12.9. The monoisotopic (exact) mass is 539 g/mol. The average Bonchev–Trinajstić information content (AvgIpc) is 3.56. The molecule has 1 fully saturated rings. The van der Waals surface area contributed by atoms with Crippen molar-refractivity contribution in [1.29, 1.82) is 0 Å². The molecular formula is C32H29NO7. The van der Waals surface area contributed by atoms with Gasteiger partial charge in [0.1, 0.15) is 23.9 Å². The lowest BCUT2D eigenvalue weighted by molar-refractivity contribution is -0.140. The third-order valence-electron chi connectivity index (χ3n) is 6.66. The fraction of sp³-hybridized carbons (Fsp3) is 0.188. The molecule has 4 aromatic rings. The van der Waals surface area contributed by atoms with E-state index in [0.29, 0.717) is 35.9 Å². The largest absolute Gasteiger partial charge is 0.507 e. The fourth-order valence-electron chi connectivity index (χ4n) is 4.77. The number of aryl methyl sites for hydroxylation is 1. The minimum Gasteiger partial charge on any atom is -0.507 e. The third kappa shape index (κ3) is 5.42. The van der Waals surface area contributed by atoms with Gasteiger partial charge < -0.3 is 29.0 Å². The first-order chi connectivity index (χ1) is 19.4. The summed E-state index contributed by atoms with van der Waals surface area (Å²) in [6, 6.07) is 21.7. The van der Waals surface area contributed by atoms with Gasteiger partial charge in [0.05, 0.1) is 31.0 Å². The smallest absolute Gasteiger partial charge is 0.296 e. The number of Topliss-reactive ketones (excluding diaryl/α,β-unsaturated/α-hetero) is 1. The van der Waals surface area contributed by atoms with Gasteiger partial charge in [-0.15, -0.1) is 0 Å². The van der Waals surface area contributed by atoms with Gasteiger partial charge in [0.25, 0.3) is 11.7 Å². The first kappa shape index (κ1) is 26.6. The van der Waals surface area contributed by atoms with Crippen LogP contribution in [0.15, 0.2) is 95.1 Å². The van der Waals surface area contributed by atoms with Crippen molar-refractivity contribution in [3.63, 3.8) is 0 Å². The summed E-state index contributed by atoms with van der Waals surface area (Å²) in [7, 11) is 0. The van der Waals surface area contributed by atoms with Gasteiger partial charge in [0.15, 0.2) is 11.5 Å². The van der Waals surface area contributed by atoms with Gasteiger partial charge in [-0.1, -0.05) is 35.9 Å². The van der Waals surface area contributed by atoms with Gasteiger partial charge in [-0.3, -0.25) is 9.59 Å². The van der Waals surface area contributed by atoms with Gasteiger partial charge in [-0.05, 0) is 73.5 Å². The van der Waals surface area contributed by atoms with Crippen LogP contribution in [0, 0.1) is 6.92 Å². The Bertz CT molecular complexity index is 1550. The second-order valence-corrected chi connectivity index (χ2v) is 9.47. The molecule has 3 aromatic carbocycles. The molecule has 40 heavy (non-hydrogen) atoms. The van der Waals surface area contributed by atoms with E-state index in [1.807, 2.05) is 31.2 Å². The summed E-state index contributed by atoms with van der Waals surface area (Å²) in [5.74, 6) is -0.708. The molecule has 1 aliphatic heterocycles. The number of carbonyl (C=O) groups is 2. The maximum Gasteiger partial charge on any atom is 0.296 e. The molecule has 0 aliphatic carbocycles. The Balaban J connectivity index is 1.50. The Hall–Kier alpha value is -4.98. The van der Waals surface area contributed by atoms with Crippen molar-refractivity contribution in [3.8, 4) is 17.2 Å². The van der Waals surface area contributed by atoms with E-state index in [1.54, 1.807) is 55.5 Å². The van der Waals surface area contributed by atoms with E-state index in [-0.39, 0.29) is 29.4 Å². The molecule has 8 heteroatoms. The van der Waals surface area contributed by atoms with Crippen LogP contribution in [-0.4, -0.2) is 33.4 Å². The highest BCUT2D eigenvalue weighted by Gasteiger charge is 2.46. The number of amides is 1. The van der Waals surface area contributed by atoms with E-state index >= 15 is 0 Å². The van der Waals surface area contributed by atoms with Crippen LogP contribution < -0.4 is 9.47 Å². The van der Waals surface area contributed by atoms with Crippen LogP contribution in [0.1, 0.15) is 41.0 Å². The van der Waals surface area contributed by atoms with Gasteiger partial charge in [0.2, 0.25) is 0 Å². The molecular weight excluding hydrogens is 510 g/mol. The number of phenols is 1. The average molecular weight is 540 g/mol. The molecule has 0 saturated carbocycles. The van der Waals surface area contributed by atoms with Crippen molar-refractivity contribution in [1.82, 2.24) is 4.90 Å². The number of ketones is 1. The van der Waals surface area contributed by atoms with Crippen molar-refractivity contribution in [2.45, 2.75) is 33.0 Å². The zero-order valence-electron chi connectivity index (χ0n) is 22.2. The maximum absolute atomic E-state index is 13.3. The standard InChI is InChI=1S/C32H29NO7/c1-3-38-27-17-23(11-14-26(27)34)29-28(31(36)32(37)33(29)18-25-8-5-15-39-25)30(35)22-9-12-24(13-10-22)40-19-21-7-4-6-20(2)16-21/h4-17,29,34-35H,3,18-19H2,1-2H3/b30-28+. The Labute approximate surface area is 231 Å². The maximum atomic E-state index is 13.3. The van der Waals surface area contributed by atoms with E-state index < -0.39 is 17.7 Å². The summed E-state index contributed by atoms with van der Waals surface area (Å²) < 4.78 is 16.9. The molecule has 1 atom stereocenters. The number of aliphatic hydroxyl groups excluding tert-OH is 1. The van der Waals surface area contributed by atoms with Crippen LogP contribution in [0.2, 0.25) is 0 Å². The number of hydrogen-bond acceptors (Lipinski definition) is 7. The number of rotatable bonds is 9. The number of furan rings is 1. The number of carbonyl (C=O) groups excluding carboxylic acids is 2. The molecule has 5 rings (SSSR count). The Morgan fingerprint density at radius 1 is 0.975 bits per heavy atom. The van der Waals surface area contributed by atoms with Crippen LogP contribution in [0.5, 0.6) is 17.2 Å². The van der Waals surface area contributed by atoms with Crippen molar-refractivity contribution in [2.75, 3.05) is 6.61 Å². The predicted octanol–water partition coefficient (Wildman–Crippen LogP) is 5.89. The van der Waals surface area contributed by atoms with Crippen LogP contribution in [0.3, 0.4) is 0 Å².